The Morgan fingerprint density at radius 3 is 2.56 bits per heavy atom. The summed E-state index contributed by atoms with van der Waals surface area (Å²) >= 11 is 0. The van der Waals surface area contributed by atoms with E-state index in [0.29, 0.717) is 30.8 Å². The summed E-state index contributed by atoms with van der Waals surface area (Å²) in [5.74, 6) is 0.994. The molecule has 0 fully saturated rings. The van der Waals surface area contributed by atoms with E-state index in [4.69, 9.17) is 9.47 Å². The number of fused-ring (bicyclic) bond motifs is 1. The Bertz CT molecular complexity index is 1090. The van der Waals surface area contributed by atoms with E-state index in [1.807, 2.05) is 43.3 Å². The van der Waals surface area contributed by atoms with Gasteiger partial charge in [-0.05, 0) is 78.8 Å². The quantitative estimate of drug-likeness (QED) is 0.404. The molecule has 0 amide bonds. The average molecular weight is 435 g/mol. The van der Waals surface area contributed by atoms with Crippen LogP contribution in [0.15, 0.2) is 60.7 Å². The van der Waals surface area contributed by atoms with Gasteiger partial charge in [-0.3, -0.25) is 4.79 Å². The standard InChI is InChI=1S/C27H27FO4/c1-3-31-22-11-13-25(28)24(17-22)20-7-12-23-19(16-20)8-14-26(23)32-21-9-4-18(5-10-21)6-15-27(29)30-2/h4-5,7,9-13,16-17,26H,3,6,8,14-15H2,1-2H3. The molecule has 0 saturated heterocycles. The molecule has 0 spiro atoms. The van der Waals surface area contributed by atoms with E-state index in [-0.39, 0.29) is 17.9 Å². The Hall–Kier alpha value is -3.34. The summed E-state index contributed by atoms with van der Waals surface area (Å²) in [6.45, 7) is 2.45. The molecular formula is C27H27FO4. The Morgan fingerprint density at radius 1 is 1.03 bits per heavy atom. The zero-order chi connectivity index (χ0) is 22.5. The number of carbonyl (C=O) groups excluding carboxylic acids is 1. The first-order valence-electron chi connectivity index (χ1n) is 11.0. The van der Waals surface area contributed by atoms with Gasteiger partial charge in [-0.15, -0.1) is 0 Å². The highest BCUT2D eigenvalue weighted by Crippen LogP contribution is 2.38. The lowest BCUT2D eigenvalue weighted by Gasteiger charge is -2.16. The summed E-state index contributed by atoms with van der Waals surface area (Å²) in [6, 6.07) is 18.7. The van der Waals surface area contributed by atoms with Crippen molar-refractivity contribution in [2.24, 2.45) is 0 Å². The zero-order valence-electron chi connectivity index (χ0n) is 18.4. The van der Waals surface area contributed by atoms with Gasteiger partial charge in [-0.1, -0.05) is 30.3 Å². The number of carbonyl (C=O) groups is 1. The van der Waals surface area contributed by atoms with Gasteiger partial charge in [0.15, 0.2) is 0 Å². The summed E-state index contributed by atoms with van der Waals surface area (Å²) in [7, 11) is 1.40. The van der Waals surface area contributed by atoms with Crippen LogP contribution in [0, 0.1) is 5.82 Å². The fourth-order valence-electron chi connectivity index (χ4n) is 4.10. The van der Waals surface area contributed by atoms with E-state index in [2.05, 4.69) is 10.8 Å². The molecule has 4 nitrogen and oxygen atoms in total. The van der Waals surface area contributed by atoms with Crippen molar-refractivity contribution in [1.82, 2.24) is 0 Å². The van der Waals surface area contributed by atoms with Crippen molar-refractivity contribution in [2.45, 2.75) is 38.7 Å². The van der Waals surface area contributed by atoms with Gasteiger partial charge >= 0.3 is 5.97 Å². The smallest absolute Gasteiger partial charge is 0.305 e. The van der Waals surface area contributed by atoms with E-state index in [9.17, 15) is 9.18 Å². The maximum atomic E-state index is 14.5. The molecule has 1 unspecified atom stereocenters. The molecule has 0 aliphatic heterocycles. The molecule has 0 radical (unpaired) electrons. The number of rotatable bonds is 8. The molecule has 0 bridgehead atoms. The van der Waals surface area contributed by atoms with Crippen molar-refractivity contribution in [3.8, 4) is 22.6 Å². The van der Waals surface area contributed by atoms with Crippen LogP contribution in [0.3, 0.4) is 0 Å². The van der Waals surface area contributed by atoms with E-state index in [1.165, 1.54) is 18.7 Å². The summed E-state index contributed by atoms with van der Waals surface area (Å²) in [5.41, 5.74) is 4.79. The topological polar surface area (TPSA) is 44.8 Å². The molecule has 0 heterocycles. The fraction of sp³-hybridized carbons (Fsp3) is 0.296. The first-order valence-corrected chi connectivity index (χ1v) is 11.0. The number of aryl methyl sites for hydroxylation is 2. The number of halogens is 1. The Balaban J connectivity index is 1.46. The number of benzene rings is 3. The lowest BCUT2D eigenvalue weighted by molar-refractivity contribution is -0.140. The van der Waals surface area contributed by atoms with Crippen molar-refractivity contribution < 1.29 is 23.4 Å². The van der Waals surface area contributed by atoms with Crippen LogP contribution in [0.4, 0.5) is 4.39 Å². The van der Waals surface area contributed by atoms with E-state index < -0.39 is 0 Å². The number of methoxy groups -OCH3 is 1. The van der Waals surface area contributed by atoms with Gasteiger partial charge < -0.3 is 14.2 Å². The van der Waals surface area contributed by atoms with Crippen molar-refractivity contribution in [1.29, 1.82) is 0 Å². The van der Waals surface area contributed by atoms with E-state index >= 15 is 0 Å². The summed E-state index contributed by atoms with van der Waals surface area (Å²) in [5, 5.41) is 0. The first-order chi connectivity index (χ1) is 15.6. The van der Waals surface area contributed by atoms with Gasteiger partial charge in [0.2, 0.25) is 0 Å². The molecule has 3 aromatic rings. The molecule has 0 aromatic heterocycles. The number of hydrogen-bond donors (Lipinski definition) is 0. The Labute approximate surface area is 187 Å². The Morgan fingerprint density at radius 2 is 1.81 bits per heavy atom. The molecule has 1 atom stereocenters. The third-order valence-corrected chi connectivity index (χ3v) is 5.77. The van der Waals surface area contributed by atoms with Gasteiger partial charge in [-0.2, -0.15) is 0 Å². The first kappa shape index (κ1) is 21.9. The molecular weight excluding hydrogens is 407 g/mol. The van der Waals surface area contributed by atoms with Gasteiger partial charge in [-0.25, -0.2) is 4.39 Å². The van der Waals surface area contributed by atoms with Crippen molar-refractivity contribution in [2.75, 3.05) is 13.7 Å². The predicted molar refractivity (Wildman–Crippen MR) is 121 cm³/mol. The minimum Gasteiger partial charge on any atom is -0.494 e. The second-order valence-electron chi connectivity index (χ2n) is 7.85. The van der Waals surface area contributed by atoms with Crippen LogP contribution in [0.2, 0.25) is 0 Å². The van der Waals surface area contributed by atoms with Crippen LogP contribution in [-0.2, 0) is 22.4 Å². The second-order valence-corrected chi connectivity index (χ2v) is 7.85. The zero-order valence-corrected chi connectivity index (χ0v) is 18.4. The van der Waals surface area contributed by atoms with E-state index in [0.717, 1.165) is 35.3 Å². The maximum absolute atomic E-state index is 14.5. The van der Waals surface area contributed by atoms with Crippen LogP contribution >= 0.6 is 0 Å². The molecule has 0 N–H and O–H groups in total. The number of ether oxygens (including phenoxy) is 3. The lowest BCUT2D eigenvalue weighted by atomic mass is 9.99. The van der Waals surface area contributed by atoms with Gasteiger partial charge in [0, 0.05) is 12.0 Å². The third kappa shape index (κ3) is 4.93. The Kier molecular flexibility index (Phi) is 6.74. The van der Waals surface area contributed by atoms with Crippen molar-refractivity contribution >= 4 is 5.97 Å². The molecule has 3 aromatic carbocycles. The molecule has 4 rings (SSSR count). The monoisotopic (exact) mass is 434 g/mol. The normalized spacial score (nSPS) is 14.7. The molecule has 0 saturated carbocycles. The van der Waals surface area contributed by atoms with Gasteiger partial charge in [0.1, 0.15) is 23.4 Å². The number of esters is 1. The largest absolute Gasteiger partial charge is 0.494 e. The molecule has 5 heteroatoms. The highest BCUT2D eigenvalue weighted by atomic mass is 19.1. The van der Waals surface area contributed by atoms with E-state index in [1.54, 1.807) is 12.1 Å². The summed E-state index contributed by atoms with van der Waals surface area (Å²) in [6.07, 6.45) is 2.74. The minimum atomic E-state index is -0.258. The lowest BCUT2D eigenvalue weighted by Crippen LogP contribution is -2.04. The van der Waals surface area contributed by atoms with Crippen LogP contribution in [-0.4, -0.2) is 19.7 Å². The number of hydrogen-bond acceptors (Lipinski definition) is 4. The van der Waals surface area contributed by atoms with Crippen molar-refractivity contribution in [3.63, 3.8) is 0 Å². The van der Waals surface area contributed by atoms with Crippen molar-refractivity contribution in [3.05, 3.63) is 83.2 Å². The molecule has 1 aliphatic rings. The average Bonchev–Trinajstić information content (AvgIpc) is 3.21. The highest BCUT2D eigenvalue weighted by molar-refractivity contribution is 5.69. The third-order valence-electron chi connectivity index (χ3n) is 5.77. The van der Waals surface area contributed by atoms with Crippen LogP contribution in [0.25, 0.3) is 11.1 Å². The predicted octanol–water partition coefficient (Wildman–Crippen LogP) is 6.06. The molecule has 32 heavy (non-hydrogen) atoms. The van der Waals surface area contributed by atoms with Crippen LogP contribution < -0.4 is 9.47 Å². The fourth-order valence-corrected chi connectivity index (χ4v) is 4.10. The van der Waals surface area contributed by atoms with Crippen LogP contribution in [0.5, 0.6) is 11.5 Å². The van der Waals surface area contributed by atoms with Gasteiger partial charge in [0.05, 0.1) is 13.7 Å². The highest BCUT2D eigenvalue weighted by Gasteiger charge is 2.25. The maximum Gasteiger partial charge on any atom is 0.305 e. The second kappa shape index (κ2) is 9.86. The molecule has 166 valence electrons. The molecule has 1 aliphatic carbocycles. The summed E-state index contributed by atoms with van der Waals surface area (Å²) < 4.78 is 30.9. The summed E-state index contributed by atoms with van der Waals surface area (Å²) in [4.78, 5) is 11.3. The SMILES string of the molecule is CCOc1ccc(F)c(-c2ccc3c(c2)CCC3Oc2ccc(CCC(=O)OC)cc2)c1. The minimum absolute atomic E-state index is 0.0282. The van der Waals surface area contributed by atoms with Crippen LogP contribution in [0.1, 0.15) is 42.6 Å². The van der Waals surface area contributed by atoms with Gasteiger partial charge in [0.25, 0.3) is 0 Å².